The van der Waals surface area contributed by atoms with Crippen molar-refractivity contribution in [3.8, 4) is 56.3 Å². The molecule has 0 atom stereocenters. The fraction of sp³-hybridized carbons (Fsp3) is 0.226. The van der Waals surface area contributed by atoms with Crippen molar-refractivity contribution in [2.45, 2.75) is 66.2 Å². The molecule has 0 amide bonds. The molecule has 3 nitrogen and oxygen atoms in total. The Hall–Kier alpha value is -5.06. The summed E-state index contributed by atoms with van der Waals surface area (Å²) in [7, 11) is 3.58. The molecule has 1 heterocycles. The molecule has 7 aromatic rings. The summed E-state index contributed by atoms with van der Waals surface area (Å²) in [6, 6.07) is 50.1. The first-order valence-electron chi connectivity index (χ1n) is 19.5. The number of benzene rings is 6. The van der Waals surface area contributed by atoms with Crippen molar-refractivity contribution < 1.29 is 35.3 Å². The minimum atomic E-state index is -0.287. The molecule has 0 saturated heterocycles. The van der Waals surface area contributed by atoms with Crippen molar-refractivity contribution in [3.05, 3.63) is 184 Å². The van der Waals surface area contributed by atoms with Crippen molar-refractivity contribution in [2.24, 2.45) is 0 Å². The molecule has 0 radical (unpaired) electrons. The Kier molecular flexibility index (Phi) is 12.3. The first-order chi connectivity index (χ1) is 26.8. The van der Waals surface area contributed by atoms with E-state index in [9.17, 15) is 0 Å². The molecule has 0 spiro atoms. The van der Waals surface area contributed by atoms with E-state index in [0.29, 0.717) is 0 Å². The van der Waals surface area contributed by atoms with Crippen LogP contribution in [-0.4, -0.2) is 19.2 Å². The van der Waals surface area contributed by atoms with Gasteiger partial charge < -0.3 is 9.47 Å². The van der Waals surface area contributed by atoms with Crippen LogP contribution in [0.1, 0.15) is 72.2 Å². The number of nitrogens with zero attached hydrogens (tertiary/aromatic N) is 1. The van der Waals surface area contributed by atoms with Crippen molar-refractivity contribution in [1.82, 2.24) is 4.98 Å². The maximum absolute atomic E-state index is 6.35. The maximum atomic E-state index is 6.35. The van der Waals surface area contributed by atoms with Crippen LogP contribution in [-0.2, 0) is 36.7 Å². The number of aromatic nitrogens is 1. The van der Waals surface area contributed by atoms with Crippen molar-refractivity contribution in [1.29, 1.82) is 0 Å². The molecule has 0 aliphatic carbocycles. The Balaban J connectivity index is 0.00000549. The predicted molar refractivity (Wildman–Crippen MR) is 235 cm³/mol. The van der Waals surface area contributed by atoms with Crippen LogP contribution in [0, 0.1) is 27.7 Å². The number of methoxy groups -OCH3 is 2. The van der Waals surface area contributed by atoms with E-state index in [1.807, 2.05) is 0 Å². The standard InChI is InChI=1S/C53H53NO2.Hf/c1-34-24-26-40(44-30-36(3)32-46(50(44)55-9)52(5,6)38-18-13-11-14-19-38)42(28-34)48-22-17-23-49(54-48)43-29-35(2)25-27-41(43)45-31-37(4)33-47(51(45)56-10)53(7,8)39-20-15-12-16-21-39;/h11-33H,1-10H3;. The van der Waals surface area contributed by atoms with Gasteiger partial charge in [0.1, 0.15) is 11.5 Å². The van der Waals surface area contributed by atoms with Gasteiger partial charge in [0.25, 0.3) is 0 Å². The molecule has 0 N–H and O–H groups in total. The summed E-state index contributed by atoms with van der Waals surface area (Å²) in [4.78, 5) is 5.48. The molecule has 0 fully saturated rings. The molecule has 4 heteroatoms. The maximum Gasteiger partial charge on any atom is 0.130 e. The van der Waals surface area contributed by atoms with E-state index < -0.39 is 0 Å². The summed E-state index contributed by atoms with van der Waals surface area (Å²) >= 11 is 0. The monoisotopic (exact) mass is 915 g/mol. The number of rotatable bonds is 10. The molecule has 57 heavy (non-hydrogen) atoms. The van der Waals surface area contributed by atoms with Gasteiger partial charge >= 0.3 is 0 Å². The quantitative estimate of drug-likeness (QED) is 0.128. The van der Waals surface area contributed by atoms with Gasteiger partial charge in [0.15, 0.2) is 0 Å². The largest absolute Gasteiger partial charge is 0.496 e. The Morgan fingerprint density at radius 2 is 0.754 bits per heavy atom. The van der Waals surface area contributed by atoms with Crippen LogP contribution in [0.5, 0.6) is 11.5 Å². The van der Waals surface area contributed by atoms with E-state index in [4.69, 9.17) is 14.5 Å². The van der Waals surface area contributed by atoms with Gasteiger partial charge in [-0.3, -0.25) is 0 Å². The van der Waals surface area contributed by atoms with Crippen LogP contribution >= 0.6 is 0 Å². The molecule has 7 rings (SSSR count). The fourth-order valence-corrected chi connectivity index (χ4v) is 8.28. The fourth-order valence-electron chi connectivity index (χ4n) is 8.28. The average molecular weight is 915 g/mol. The Morgan fingerprint density at radius 3 is 1.12 bits per heavy atom. The minimum absolute atomic E-state index is 0. The van der Waals surface area contributed by atoms with Gasteiger partial charge in [-0.25, -0.2) is 4.98 Å². The Morgan fingerprint density at radius 1 is 0.386 bits per heavy atom. The second-order valence-electron chi connectivity index (χ2n) is 16.3. The minimum Gasteiger partial charge on any atom is -0.496 e. The normalized spacial score (nSPS) is 11.5. The zero-order valence-electron chi connectivity index (χ0n) is 35.0. The SMILES string of the molecule is COc1c(-c2ccc(C)cc2-c2cccc(-c3cc(C)ccc3-c3cc(C)cc(C(C)(C)c4ccccc4)c3OC)n2)cc(C)cc1C(C)(C)c1ccccc1.[Hf]. The van der Waals surface area contributed by atoms with Gasteiger partial charge in [0.2, 0.25) is 0 Å². The number of aryl methyl sites for hydroxylation is 4. The second-order valence-corrected chi connectivity index (χ2v) is 16.3. The van der Waals surface area contributed by atoms with E-state index in [1.165, 1.54) is 33.4 Å². The van der Waals surface area contributed by atoms with Crippen LogP contribution in [0.3, 0.4) is 0 Å². The van der Waals surface area contributed by atoms with Crippen LogP contribution in [0.4, 0.5) is 0 Å². The second kappa shape index (κ2) is 16.8. The van der Waals surface area contributed by atoms with Crippen LogP contribution < -0.4 is 9.47 Å². The Bertz CT molecular complexity index is 2360. The molecule has 286 valence electrons. The molecule has 0 aliphatic heterocycles. The van der Waals surface area contributed by atoms with Gasteiger partial charge in [-0.15, -0.1) is 0 Å². The smallest absolute Gasteiger partial charge is 0.130 e. The zero-order chi connectivity index (χ0) is 39.8. The van der Waals surface area contributed by atoms with E-state index >= 15 is 0 Å². The van der Waals surface area contributed by atoms with E-state index in [0.717, 1.165) is 67.4 Å². The summed E-state index contributed by atoms with van der Waals surface area (Å²) in [6.45, 7) is 17.7. The molecular weight excluding hydrogens is 861 g/mol. The molecule has 0 saturated carbocycles. The summed E-state index contributed by atoms with van der Waals surface area (Å²) in [5.41, 5.74) is 17.1. The predicted octanol–water partition coefficient (Wildman–Crippen LogP) is 13.6. The summed E-state index contributed by atoms with van der Waals surface area (Å²) < 4.78 is 12.7. The first kappa shape index (κ1) is 41.6. The molecule has 0 bridgehead atoms. The van der Waals surface area contributed by atoms with Gasteiger partial charge in [0, 0.05) is 70.1 Å². The van der Waals surface area contributed by atoms with E-state index in [-0.39, 0.29) is 36.7 Å². The number of pyridine rings is 1. The molecular formula is C53H53HfNO2. The third-order valence-electron chi connectivity index (χ3n) is 11.4. The van der Waals surface area contributed by atoms with Gasteiger partial charge in [0.05, 0.1) is 25.6 Å². The van der Waals surface area contributed by atoms with Crippen LogP contribution in [0.15, 0.2) is 140 Å². The number of hydrogen-bond donors (Lipinski definition) is 0. The van der Waals surface area contributed by atoms with Crippen molar-refractivity contribution >= 4 is 0 Å². The summed E-state index contributed by atoms with van der Waals surface area (Å²) in [6.07, 6.45) is 0. The zero-order valence-corrected chi connectivity index (χ0v) is 38.6. The number of ether oxygens (including phenoxy) is 2. The number of hydrogen-bond acceptors (Lipinski definition) is 3. The van der Waals surface area contributed by atoms with Crippen LogP contribution in [0.25, 0.3) is 44.8 Å². The third-order valence-corrected chi connectivity index (χ3v) is 11.4. The summed E-state index contributed by atoms with van der Waals surface area (Å²) in [5, 5.41) is 0. The third kappa shape index (κ3) is 8.07. The molecule has 6 aromatic carbocycles. The van der Waals surface area contributed by atoms with E-state index in [1.54, 1.807) is 14.2 Å². The van der Waals surface area contributed by atoms with Crippen molar-refractivity contribution in [3.63, 3.8) is 0 Å². The Labute approximate surface area is 359 Å². The van der Waals surface area contributed by atoms with Gasteiger partial charge in [-0.1, -0.05) is 142 Å². The first-order valence-corrected chi connectivity index (χ1v) is 19.5. The molecule has 1 aromatic heterocycles. The molecule has 0 aliphatic rings. The molecule has 0 unspecified atom stereocenters. The van der Waals surface area contributed by atoms with Gasteiger partial charge in [-0.05, 0) is 97.5 Å². The average Bonchev–Trinajstić information content (AvgIpc) is 3.20. The topological polar surface area (TPSA) is 31.4 Å². The van der Waals surface area contributed by atoms with Crippen LogP contribution in [0.2, 0.25) is 0 Å². The van der Waals surface area contributed by atoms with Crippen molar-refractivity contribution in [2.75, 3.05) is 14.2 Å². The van der Waals surface area contributed by atoms with E-state index in [2.05, 4.69) is 195 Å². The summed E-state index contributed by atoms with van der Waals surface area (Å²) in [5.74, 6) is 1.76. The van der Waals surface area contributed by atoms with Gasteiger partial charge in [-0.2, -0.15) is 0 Å².